The maximum atomic E-state index is 12.1. The number of pyridine rings is 2. The molecule has 19 heavy (non-hydrogen) atoms. The van der Waals surface area contributed by atoms with Crippen LogP contribution in [0, 0.1) is 0 Å². The average Bonchev–Trinajstić information content (AvgIpc) is 2.43. The van der Waals surface area contributed by atoms with Crippen LogP contribution in [0.1, 0.15) is 23.2 Å². The number of hydrogen-bond acceptors (Lipinski definition) is 3. The maximum absolute atomic E-state index is 12.1. The standard InChI is InChI=1S/C15H17N3O/c16-13-2-3-14-12(9-13)1-4-15(19)18(14)10-11-5-7-17-8-6-11/h1,4-8,13H,2-3,9-10,16H2/t13-/m0/s1. The molecular formula is C15H17N3O. The molecule has 0 saturated heterocycles. The van der Waals surface area contributed by atoms with Crippen LogP contribution in [0.3, 0.4) is 0 Å². The summed E-state index contributed by atoms with van der Waals surface area (Å²) >= 11 is 0. The highest BCUT2D eigenvalue weighted by Gasteiger charge is 2.18. The van der Waals surface area contributed by atoms with Crippen LogP contribution in [0.5, 0.6) is 0 Å². The quantitative estimate of drug-likeness (QED) is 0.874. The van der Waals surface area contributed by atoms with Crippen molar-refractivity contribution in [3.05, 3.63) is 63.8 Å². The number of nitrogens with two attached hydrogens (primary N) is 1. The van der Waals surface area contributed by atoms with Crippen molar-refractivity contribution < 1.29 is 0 Å². The third-order valence-corrected chi connectivity index (χ3v) is 3.71. The molecular weight excluding hydrogens is 238 g/mol. The minimum atomic E-state index is 0.0611. The molecule has 0 fully saturated rings. The first-order chi connectivity index (χ1) is 9.24. The van der Waals surface area contributed by atoms with Gasteiger partial charge in [0.25, 0.3) is 5.56 Å². The van der Waals surface area contributed by atoms with Crippen molar-refractivity contribution in [2.24, 2.45) is 5.73 Å². The fourth-order valence-electron chi connectivity index (χ4n) is 2.70. The van der Waals surface area contributed by atoms with Crippen LogP contribution < -0.4 is 11.3 Å². The summed E-state index contributed by atoms with van der Waals surface area (Å²) in [5.41, 5.74) is 9.51. The second-order valence-corrected chi connectivity index (χ2v) is 5.09. The monoisotopic (exact) mass is 255 g/mol. The van der Waals surface area contributed by atoms with Crippen LogP contribution in [-0.4, -0.2) is 15.6 Å². The molecule has 0 unspecified atom stereocenters. The summed E-state index contributed by atoms with van der Waals surface area (Å²) in [6.45, 7) is 0.611. The second kappa shape index (κ2) is 4.97. The molecule has 98 valence electrons. The molecule has 4 heteroatoms. The molecule has 2 N–H and O–H groups in total. The van der Waals surface area contributed by atoms with Crippen molar-refractivity contribution in [1.29, 1.82) is 0 Å². The van der Waals surface area contributed by atoms with Gasteiger partial charge in [0.1, 0.15) is 0 Å². The summed E-state index contributed by atoms with van der Waals surface area (Å²) in [6.07, 6.45) is 6.22. The Morgan fingerprint density at radius 2 is 2.05 bits per heavy atom. The van der Waals surface area contributed by atoms with E-state index in [1.807, 2.05) is 22.8 Å². The van der Waals surface area contributed by atoms with Crippen molar-refractivity contribution >= 4 is 0 Å². The molecule has 1 aliphatic rings. The number of hydrogen-bond donors (Lipinski definition) is 1. The van der Waals surface area contributed by atoms with Crippen molar-refractivity contribution in [3.8, 4) is 0 Å². The molecule has 2 heterocycles. The Kier molecular flexibility index (Phi) is 3.17. The Hall–Kier alpha value is -1.94. The normalized spacial score (nSPS) is 18.1. The summed E-state index contributed by atoms with van der Waals surface area (Å²) in [4.78, 5) is 16.1. The third kappa shape index (κ3) is 2.44. The summed E-state index contributed by atoms with van der Waals surface area (Å²) in [7, 11) is 0. The maximum Gasteiger partial charge on any atom is 0.251 e. The van der Waals surface area contributed by atoms with E-state index in [-0.39, 0.29) is 11.6 Å². The van der Waals surface area contributed by atoms with E-state index in [2.05, 4.69) is 4.98 Å². The van der Waals surface area contributed by atoms with E-state index in [1.54, 1.807) is 18.5 Å². The highest BCUT2D eigenvalue weighted by atomic mass is 16.1. The van der Waals surface area contributed by atoms with Crippen LogP contribution in [0.15, 0.2) is 41.5 Å². The van der Waals surface area contributed by atoms with Gasteiger partial charge in [0.15, 0.2) is 0 Å². The van der Waals surface area contributed by atoms with E-state index >= 15 is 0 Å². The first-order valence-corrected chi connectivity index (χ1v) is 6.60. The highest BCUT2D eigenvalue weighted by molar-refractivity contribution is 5.26. The molecule has 4 nitrogen and oxygen atoms in total. The number of aromatic nitrogens is 2. The van der Waals surface area contributed by atoms with Gasteiger partial charge in [-0.25, -0.2) is 0 Å². The largest absolute Gasteiger partial charge is 0.327 e. The fourth-order valence-corrected chi connectivity index (χ4v) is 2.70. The fraction of sp³-hybridized carbons (Fsp3) is 0.333. The third-order valence-electron chi connectivity index (χ3n) is 3.71. The molecule has 0 aromatic carbocycles. The average molecular weight is 255 g/mol. The predicted molar refractivity (Wildman–Crippen MR) is 74.0 cm³/mol. The molecule has 0 saturated carbocycles. The van der Waals surface area contributed by atoms with E-state index in [1.165, 1.54) is 5.56 Å². The lowest BCUT2D eigenvalue weighted by molar-refractivity contribution is 0.536. The summed E-state index contributed by atoms with van der Waals surface area (Å²) in [5, 5.41) is 0. The minimum absolute atomic E-state index is 0.0611. The van der Waals surface area contributed by atoms with Crippen LogP contribution in [0.25, 0.3) is 0 Å². The van der Waals surface area contributed by atoms with E-state index in [0.29, 0.717) is 6.54 Å². The zero-order valence-electron chi connectivity index (χ0n) is 10.7. The molecule has 3 rings (SSSR count). The molecule has 0 aliphatic heterocycles. The number of rotatable bonds is 2. The van der Waals surface area contributed by atoms with Gasteiger partial charge in [-0.2, -0.15) is 0 Å². The van der Waals surface area contributed by atoms with E-state index in [0.717, 1.165) is 30.5 Å². The van der Waals surface area contributed by atoms with Crippen molar-refractivity contribution in [2.45, 2.75) is 31.8 Å². The molecule has 0 spiro atoms. The van der Waals surface area contributed by atoms with Gasteiger partial charge in [0, 0.05) is 30.2 Å². The second-order valence-electron chi connectivity index (χ2n) is 5.09. The van der Waals surface area contributed by atoms with E-state index in [4.69, 9.17) is 5.73 Å². The lowest BCUT2D eigenvalue weighted by Gasteiger charge is -2.24. The predicted octanol–water partition coefficient (Wildman–Crippen LogP) is 1.11. The van der Waals surface area contributed by atoms with Gasteiger partial charge in [-0.3, -0.25) is 9.78 Å². The van der Waals surface area contributed by atoms with Gasteiger partial charge in [-0.15, -0.1) is 0 Å². The van der Waals surface area contributed by atoms with Crippen molar-refractivity contribution in [1.82, 2.24) is 9.55 Å². The van der Waals surface area contributed by atoms with Crippen LogP contribution in [0.2, 0.25) is 0 Å². The number of fused-ring (bicyclic) bond motifs is 1. The Bertz CT molecular complexity index is 634. The first-order valence-electron chi connectivity index (χ1n) is 6.60. The number of nitrogens with zero attached hydrogens (tertiary/aromatic N) is 2. The Morgan fingerprint density at radius 1 is 1.26 bits per heavy atom. The van der Waals surface area contributed by atoms with E-state index < -0.39 is 0 Å². The van der Waals surface area contributed by atoms with Gasteiger partial charge in [0.2, 0.25) is 0 Å². The molecule has 0 amide bonds. The van der Waals surface area contributed by atoms with Gasteiger partial charge in [0.05, 0.1) is 6.54 Å². The van der Waals surface area contributed by atoms with Gasteiger partial charge in [-0.05, 0) is 42.5 Å². The molecule has 2 aromatic heterocycles. The van der Waals surface area contributed by atoms with Gasteiger partial charge >= 0.3 is 0 Å². The summed E-state index contributed by atoms with van der Waals surface area (Å²) < 4.78 is 1.87. The first kappa shape index (κ1) is 12.1. The van der Waals surface area contributed by atoms with Gasteiger partial charge < -0.3 is 10.3 Å². The topological polar surface area (TPSA) is 60.9 Å². The zero-order valence-corrected chi connectivity index (χ0v) is 10.7. The smallest absolute Gasteiger partial charge is 0.251 e. The highest BCUT2D eigenvalue weighted by Crippen LogP contribution is 2.19. The molecule has 1 atom stereocenters. The molecule has 1 aliphatic carbocycles. The van der Waals surface area contributed by atoms with Gasteiger partial charge in [-0.1, -0.05) is 6.07 Å². The van der Waals surface area contributed by atoms with Crippen LogP contribution in [0.4, 0.5) is 0 Å². The Morgan fingerprint density at radius 3 is 2.84 bits per heavy atom. The summed E-state index contributed by atoms with van der Waals surface area (Å²) in [5.74, 6) is 0. The molecule has 0 radical (unpaired) electrons. The summed E-state index contributed by atoms with van der Waals surface area (Å²) in [6, 6.07) is 7.69. The van der Waals surface area contributed by atoms with Crippen LogP contribution in [-0.2, 0) is 19.4 Å². The Balaban J connectivity index is 2.01. The van der Waals surface area contributed by atoms with Crippen LogP contribution >= 0.6 is 0 Å². The SMILES string of the molecule is N[C@H]1CCc2c(ccc(=O)n2Cc2ccncc2)C1. The Labute approximate surface area is 111 Å². The minimum Gasteiger partial charge on any atom is -0.327 e. The van der Waals surface area contributed by atoms with Crippen molar-refractivity contribution in [2.75, 3.05) is 0 Å². The van der Waals surface area contributed by atoms with Crippen molar-refractivity contribution in [3.63, 3.8) is 0 Å². The lowest BCUT2D eigenvalue weighted by Crippen LogP contribution is -2.33. The molecule has 2 aromatic rings. The molecule has 0 bridgehead atoms. The van der Waals surface area contributed by atoms with E-state index in [9.17, 15) is 4.79 Å². The lowest BCUT2D eigenvalue weighted by atomic mass is 9.92. The zero-order chi connectivity index (χ0) is 13.2.